The first-order chi connectivity index (χ1) is 11.3. The molecule has 3 rings (SSSR count). The third-order valence-electron chi connectivity index (χ3n) is 4.01. The van der Waals surface area contributed by atoms with E-state index in [-0.39, 0.29) is 15.6 Å². The molecule has 2 heterocycles. The predicted molar refractivity (Wildman–Crippen MR) is 89.7 cm³/mol. The van der Waals surface area contributed by atoms with E-state index in [0.29, 0.717) is 19.4 Å². The van der Waals surface area contributed by atoms with E-state index in [1.54, 1.807) is 11.4 Å². The van der Waals surface area contributed by atoms with E-state index in [2.05, 4.69) is 0 Å². The molecule has 0 bridgehead atoms. The van der Waals surface area contributed by atoms with Crippen LogP contribution in [0.25, 0.3) is 0 Å². The van der Waals surface area contributed by atoms with Crippen LogP contribution in [0.1, 0.15) is 12.8 Å². The van der Waals surface area contributed by atoms with Crippen molar-refractivity contribution in [3.8, 4) is 0 Å². The number of hydrogen-bond acceptors (Lipinski definition) is 5. The molecule has 1 aromatic carbocycles. The van der Waals surface area contributed by atoms with Gasteiger partial charge in [0.1, 0.15) is 10.0 Å². The molecule has 1 aliphatic rings. The third kappa shape index (κ3) is 3.26. The fourth-order valence-electron chi connectivity index (χ4n) is 2.73. The lowest BCUT2D eigenvalue weighted by atomic mass is 10.2. The summed E-state index contributed by atoms with van der Waals surface area (Å²) in [5.74, 6) is -0.514. The maximum absolute atomic E-state index is 13.0. The Balaban J connectivity index is 1.87. The second-order valence-corrected chi connectivity index (χ2v) is 10.9. The van der Waals surface area contributed by atoms with Gasteiger partial charge in [0, 0.05) is 13.1 Å². The van der Waals surface area contributed by atoms with Crippen LogP contribution in [0, 0.1) is 5.82 Å². The molecule has 0 saturated carbocycles. The van der Waals surface area contributed by atoms with Crippen molar-refractivity contribution in [1.82, 2.24) is 4.31 Å². The molecular weight excluding hydrogens is 373 g/mol. The first kappa shape index (κ1) is 17.5. The Kier molecular flexibility index (Phi) is 4.78. The molecule has 130 valence electrons. The highest BCUT2D eigenvalue weighted by molar-refractivity contribution is 7.92. The van der Waals surface area contributed by atoms with Gasteiger partial charge in [0.05, 0.1) is 10.1 Å². The van der Waals surface area contributed by atoms with Crippen LogP contribution in [-0.4, -0.2) is 39.5 Å². The van der Waals surface area contributed by atoms with Gasteiger partial charge in [-0.1, -0.05) is 6.07 Å². The lowest BCUT2D eigenvalue weighted by Gasteiger charge is -2.31. The maximum atomic E-state index is 13.0. The summed E-state index contributed by atoms with van der Waals surface area (Å²) in [5.41, 5.74) is 0. The zero-order valence-electron chi connectivity index (χ0n) is 12.6. The van der Waals surface area contributed by atoms with Crippen molar-refractivity contribution in [3.63, 3.8) is 0 Å². The highest BCUT2D eigenvalue weighted by atomic mass is 32.2. The van der Waals surface area contributed by atoms with Crippen LogP contribution < -0.4 is 0 Å². The van der Waals surface area contributed by atoms with Crippen LogP contribution in [0.15, 0.2) is 50.9 Å². The number of thiophene rings is 1. The van der Waals surface area contributed by atoms with Gasteiger partial charge in [-0.15, -0.1) is 11.3 Å². The van der Waals surface area contributed by atoms with Gasteiger partial charge in [-0.05, 0) is 48.6 Å². The number of halogens is 1. The summed E-state index contributed by atoms with van der Waals surface area (Å²) < 4.78 is 65.1. The average molecular weight is 389 g/mol. The fourth-order valence-corrected chi connectivity index (χ4v) is 7.25. The van der Waals surface area contributed by atoms with Gasteiger partial charge < -0.3 is 0 Å². The van der Waals surface area contributed by atoms with E-state index in [1.165, 1.54) is 22.5 Å². The number of sulfone groups is 1. The molecule has 0 amide bonds. The predicted octanol–water partition coefficient (Wildman–Crippen LogP) is 2.51. The van der Waals surface area contributed by atoms with Gasteiger partial charge in [-0.25, -0.2) is 21.2 Å². The molecule has 1 atom stereocenters. The number of nitrogens with zero attached hydrogens (tertiary/aromatic N) is 1. The van der Waals surface area contributed by atoms with Gasteiger partial charge >= 0.3 is 0 Å². The van der Waals surface area contributed by atoms with Crippen LogP contribution in [0.2, 0.25) is 0 Å². The zero-order chi connectivity index (χ0) is 17.4. The van der Waals surface area contributed by atoms with Crippen molar-refractivity contribution in [2.45, 2.75) is 27.2 Å². The summed E-state index contributed by atoms with van der Waals surface area (Å²) in [6.07, 6.45) is 0.853. The van der Waals surface area contributed by atoms with Gasteiger partial charge in [-0.3, -0.25) is 0 Å². The number of benzene rings is 1. The third-order valence-corrected chi connectivity index (χ3v) is 9.44. The van der Waals surface area contributed by atoms with Crippen LogP contribution >= 0.6 is 11.3 Å². The van der Waals surface area contributed by atoms with Crippen molar-refractivity contribution >= 4 is 31.2 Å². The molecule has 1 unspecified atom stereocenters. The normalized spacial score (nSPS) is 20.1. The molecule has 1 aromatic heterocycles. The van der Waals surface area contributed by atoms with E-state index < -0.39 is 30.9 Å². The molecule has 0 spiro atoms. The SMILES string of the molecule is O=S(=O)(c1ccc(F)cc1)C1CCCN(S(=O)(=O)c2cccs2)C1. The molecule has 2 aromatic rings. The van der Waals surface area contributed by atoms with Crippen molar-refractivity contribution in [3.05, 3.63) is 47.6 Å². The Hall–Kier alpha value is -1.29. The first-order valence-corrected chi connectivity index (χ1v) is 11.2. The van der Waals surface area contributed by atoms with Gasteiger partial charge in [0.2, 0.25) is 0 Å². The van der Waals surface area contributed by atoms with E-state index in [0.717, 1.165) is 23.5 Å². The number of sulfonamides is 1. The van der Waals surface area contributed by atoms with Crippen LogP contribution in [0.4, 0.5) is 4.39 Å². The second kappa shape index (κ2) is 6.55. The lowest BCUT2D eigenvalue weighted by molar-refractivity contribution is 0.346. The highest BCUT2D eigenvalue weighted by Gasteiger charge is 2.37. The van der Waals surface area contributed by atoms with Crippen LogP contribution in [-0.2, 0) is 19.9 Å². The van der Waals surface area contributed by atoms with Gasteiger partial charge in [-0.2, -0.15) is 4.31 Å². The van der Waals surface area contributed by atoms with E-state index >= 15 is 0 Å². The minimum atomic E-state index is -3.71. The van der Waals surface area contributed by atoms with Crippen molar-refractivity contribution in [2.75, 3.05) is 13.1 Å². The monoisotopic (exact) mass is 389 g/mol. The summed E-state index contributed by atoms with van der Waals surface area (Å²) in [6.45, 7) is 0.218. The molecule has 0 N–H and O–H groups in total. The molecular formula is C15H16FNO4S3. The molecule has 5 nitrogen and oxygen atoms in total. The van der Waals surface area contributed by atoms with E-state index in [4.69, 9.17) is 0 Å². The minimum Gasteiger partial charge on any atom is -0.223 e. The van der Waals surface area contributed by atoms with Crippen LogP contribution in [0.5, 0.6) is 0 Å². The van der Waals surface area contributed by atoms with Crippen molar-refractivity contribution in [1.29, 1.82) is 0 Å². The van der Waals surface area contributed by atoms with Gasteiger partial charge in [0.15, 0.2) is 9.84 Å². The van der Waals surface area contributed by atoms with Crippen molar-refractivity contribution < 1.29 is 21.2 Å². The summed E-state index contributed by atoms with van der Waals surface area (Å²) in [6, 6.07) is 7.78. The quantitative estimate of drug-likeness (QED) is 0.754. The minimum absolute atomic E-state index is 0.0178. The van der Waals surface area contributed by atoms with Crippen LogP contribution in [0.3, 0.4) is 0 Å². The highest BCUT2D eigenvalue weighted by Crippen LogP contribution is 2.29. The summed E-state index contributed by atoms with van der Waals surface area (Å²) in [7, 11) is -7.38. The number of piperidine rings is 1. The molecule has 24 heavy (non-hydrogen) atoms. The first-order valence-electron chi connectivity index (χ1n) is 7.35. The Morgan fingerprint density at radius 1 is 1.08 bits per heavy atom. The summed E-state index contributed by atoms with van der Waals surface area (Å²) >= 11 is 1.11. The summed E-state index contributed by atoms with van der Waals surface area (Å²) in [4.78, 5) is 0.0178. The Bertz CT molecular complexity index is 906. The molecule has 0 aliphatic carbocycles. The zero-order valence-corrected chi connectivity index (χ0v) is 15.1. The molecule has 9 heteroatoms. The number of rotatable bonds is 4. The standard InChI is InChI=1S/C15H16FNO4S3/c16-12-5-7-13(8-6-12)23(18,19)14-3-1-9-17(11-14)24(20,21)15-4-2-10-22-15/h2,4-8,10,14H,1,3,9,11H2. The Labute approximate surface area is 144 Å². The van der Waals surface area contributed by atoms with E-state index in [9.17, 15) is 21.2 Å². The smallest absolute Gasteiger partial charge is 0.223 e. The molecule has 1 fully saturated rings. The fraction of sp³-hybridized carbons (Fsp3) is 0.333. The average Bonchev–Trinajstić information content (AvgIpc) is 3.11. The Morgan fingerprint density at radius 3 is 2.42 bits per heavy atom. The lowest BCUT2D eigenvalue weighted by Crippen LogP contribution is -2.44. The van der Waals surface area contributed by atoms with Crippen molar-refractivity contribution in [2.24, 2.45) is 0 Å². The van der Waals surface area contributed by atoms with Gasteiger partial charge in [0.25, 0.3) is 10.0 Å². The second-order valence-electron chi connectivity index (χ2n) is 5.56. The molecule has 1 aliphatic heterocycles. The molecule has 1 saturated heterocycles. The maximum Gasteiger partial charge on any atom is 0.252 e. The Morgan fingerprint density at radius 2 is 1.79 bits per heavy atom. The molecule has 0 radical (unpaired) electrons. The largest absolute Gasteiger partial charge is 0.252 e. The summed E-state index contributed by atoms with van der Waals surface area (Å²) in [5, 5.41) is 0.843. The topological polar surface area (TPSA) is 71.5 Å². The van der Waals surface area contributed by atoms with E-state index in [1.807, 2.05) is 0 Å². The number of hydrogen-bond donors (Lipinski definition) is 0.